The van der Waals surface area contributed by atoms with Gasteiger partial charge in [-0.3, -0.25) is 9.59 Å². The van der Waals surface area contributed by atoms with Crippen LogP contribution in [-0.2, 0) is 14.3 Å². The molecular weight excluding hydrogens is 863 g/mol. The highest BCUT2D eigenvalue weighted by Crippen LogP contribution is 2.16. The van der Waals surface area contributed by atoms with Crippen LogP contribution >= 0.6 is 0 Å². The monoisotopic (exact) mass is 982 g/mol. The summed E-state index contributed by atoms with van der Waals surface area (Å²) in [5, 5.41) is 23.1. The number of carbonyl (C=O) groups excluding carboxylic acids is 2. The lowest BCUT2D eigenvalue weighted by molar-refractivity contribution is -0.143. The molecule has 0 radical (unpaired) electrons. The van der Waals surface area contributed by atoms with Crippen molar-refractivity contribution in [3.05, 3.63) is 48.6 Å². The summed E-state index contributed by atoms with van der Waals surface area (Å²) in [5.41, 5.74) is 0. The fourth-order valence-corrected chi connectivity index (χ4v) is 9.31. The predicted molar refractivity (Wildman–Crippen MR) is 306 cm³/mol. The Labute approximate surface area is 436 Å². The van der Waals surface area contributed by atoms with E-state index < -0.39 is 12.1 Å². The summed E-state index contributed by atoms with van der Waals surface area (Å²) >= 11 is 0. The van der Waals surface area contributed by atoms with E-state index in [1.165, 1.54) is 238 Å². The zero-order valence-corrected chi connectivity index (χ0v) is 46.7. The molecule has 1 amide bonds. The molecule has 0 aliphatic heterocycles. The van der Waals surface area contributed by atoms with Gasteiger partial charge in [-0.15, -0.1) is 0 Å². The second-order valence-electron chi connectivity index (χ2n) is 21.0. The van der Waals surface area contributed by atoms with Gasteiger partial charge in [0.15, 0.2) is 0 Å². The summed E-state index contributed by atoms with van der Waals surface area (Å²) in [6, 6.07) is -0.633. The van der Waals surface area contributed by atoms with Crippen molar-refractivity contribution in [2.75, 3.05) is 13.2 Å². The molecule has 2 atom stereocenters. The van der Waals surface area contributed by atoms with Crippen molar-refractivity contribution in [2.45, 2.75) is 334 Å². The van der Waals surface area contributed by atoms with Crippen molar-refractivity contribution in [3.63, 3.8) is 0 Å². The highest BCUT2D eigenvalue weighted by atomic mass is 16.5. The van der Waals surface area contributed by atoms with Gasteiger partial charge in [0.1, 0.15) is 0 Å². The molecule has 0 saturated heterocycles. The van der Waals surface area contributed by atoms with E-state index in [1.807, 2.05) is 6.08 Å². The molecule has 0 saturated carbocycles. The summed E-state index contributed by atoms with van der Waals surface area (Å²) in [7, 11) is 0. The van der Waals surface area contributed by atoms with Crippen LogP contribution in [0.25, 0.3) is 0 Å². The third-order valence-corrected chi connectivity index (χ3v) is 14.1. The van der Waals surface area contributed by atoms with E-state index in [0.29, 0.717) is 19.4 Å². The quantitative estimate of drug-likeness (QED) is 0.0321. The second kappa shape index (κ2) is 59.4. The molecule has 0 spiro atoms. The third-order valence-electron chi connectivity index (χ3n) is 14.1. The predicted octanol–water partition coefficient (Wildman–Crippen LogP) is 19.4. The SMILES string of the molecule is CCCCCC/C=C\C/C=C\CCCCCCCC(=O)OCCCCCCCCCCCCCC/C=C\CCCCCCCCCC(=O)NC(CO)C(O)/C=C/CCCCCCCCCCCCCC. The van der Waals surface area contributed by atoms with Crippen LogP contribution in [-0.4, -0.2) is 47.4 Å². The Morgan fingerprint density at radius 3 is 1.11 bits per heavy atom. The number of hydrogen-bond acceptors (Lipinski definition) is 5. The molecule has 0 bridgehead atoms. The van der Waals surface area contributed by atoms with Crippen LogP contribution in [0.4, 0.5) is 0 Å². The maximum Gasteiger partial charge on any atom is 0.305 e. The van der Waals surface area contributed by atoms with Gasteiger partial charge in [-0.05, 0) is 89.9 Å². The topological polar surface area (TPSA) is 95.9 Å². The molecular formula is C64H119NO5. The molecule has 410 valence electrons. The minimum atomic E-state index is -0.849. The lowest BCUT2D eigenvalue weighted by Gasteiger charge is -2.20. The van der Waals surface area contributed by atoms with Crippen molar-refractivity contribution >= 4 is 11.9 Å². The van der Waals surface area contributed by atoms with E-state index in [-0.39, 0.29) is 18.5 Å². The normalized spacial score (nSPS) is 12.9. The molecule has 0 aliphatic rings. The molecule has 3 N–H and O–H groups in total. The van der Waals surface area contributed by atoms with Gasteiger partial charge in [0.05, 0.1) is 25.4 Å². The molecule has 0 aromatic carbocycles. The van der Waals surface area contributed by atoms with Gasteiger partial charge in [0, 0.05) is 12.8 Å². The second-order valence-corrected chi connectivity index (χ2v) is 21.0. The van der Waals surface area contributed by atoms with Gasteiger partial charge in [0.2, 0.25) is 5.91 Å². The summed E-state index contributed by atoms with van der Waals surface area (Å²) in [6.45, 7) is 4.88. The average molecular weight is 983 g/mol. The highest BCUT2D eigenvalue weighted by molar-refractivity contribution is 5.76. The van der Waals surface area contributed by atoms with Gasteiger partial charge >= 0.3 is 5.97 Å². The zero-order valence-electron chi connectivity index (χ0n) is 46.7. The number of ether oxygens (including phenoxy) is 1. The highest BCUT2D eigenvalue weighted by Gasteiger charge is 2.18. The van der Waals surface area contributed by atoms with Crippen molar-refractivity contribution in [1.82, 2.24) is 5.32 Å². The summed E-state index contributed by atoms with van der Waals surface area (Å²) in [6.07, 6.45) is 75.7. The van der Waals surface area contributed by atoms with Gasteiger partial charge < -0.3 is 20.3 Å². The van der Waals surface area contributed by atoms with Crippen LogP contribution in [0.2, 0.25) is 0 Å². The Bertz CT molecular complexity index is 1180. The van der Waals surface area contributed by atoms with Gasteiger partial charge in [0.25, 0.3) is 0 Å². The van der Waals surface area contributed by atoms with Crippen molar-refractivity contribution in [2.24, 2.45) is 0 Å². The minimum Gasteiger partial charge on any atom is -0.466 e. The Morgan fingerprint density at radius 2 is 0.714 bits per heavy atom. The Balaban J connectivity index is 3.44. The molecule has 6 nitrogen and oxygen atoms in total. The van der Waals surface area contributed by atoms with Crippen molar-refractivity contribution in [3.8, 4) is 0 Å². The first-order valence-corrected chi connectivity index (χ1v) is 30.9. The number of carbonyl (C=O) groups is 2. The van der Waals surface area contributed by atoms with Crippen LogP contribution in [0.5, 0.6) is 0 Å². The summed E-state index contributed by atoms with van der Waals surface area (Å²) in [4.78, 5) is 24.5. The van der Waals surface area contributed by atoms with Crippen LogP contribution < -0.4 is 5.32 Å². The number of amides is 1. The van der Waals surface area contributed by atoms with Gasteiger partial charge in [-0.2, -0.15) is 0 Å². The number of hydrogen-bond donors (Lipinski definition) is 3. The number of nitrogens with one attached hydrogen (secondary N) is 1. The standard InChI is InChI=1S/C64H119NO5/c1-3-5-7-9-11-13-15-17-19-30-34-38-42-46-50-54-58-64(69)70-59-55-51-47-43-39-35-31-28-26-24-22-20-21-23-25-27-29-33-37-41-45-49-53-57-63(68)65-61(60-66)62(67)56-52-48-44-40-36-32-18-16-14-12-10-8-6-4-2/h13,15,19,23,25,30,52,56,61-62,66-67H,3-12,14,16-18,20-22,24,26-29,31-51,53-55,57-60H2,1-2H3,(H,65,68)/b15-13-,25-23-,30-19-,56-52+. The number of aliphatic hydroxyl groups is 2. The molecule has 6 heteroatoms. The van der Waals surface area contributed by atoms with E-state index in [1.54, 1.807) is 6.08 Å². The Morgan fingerprint density at radius 1 is 0.400 bits per heavy atom. The lowest BCUT2D eigenvalue weighted by Crippen LogP contribution is -2.45. The number of allylic oxidation sites excluding steroid dienone is 7. The zero-order chi connectivity index (χ0) is 50.7. The number of esters is 1. The van der Waals surface area contributed by atoms with E-state index in [0.717, 1.165) is 57.8 Å². The molecule has 70 heavy (non-hydrogen) atoms. The first-order valence-electron chi connectivity index (χ1n) is 30.9. The number of unbranched alkanes of at least 4 members (excludes halogenated alkanes) is 40. The maximum absolute atomic E-state index is 12.5. The van der Waals surface area contributed by atoms with Crippen LogP contribution in [0.15, 0.2) is 48.6 Å². The maximum atomic E-state index is 12.5. The smallest absolute Gasteiger partial charge is 0.305 e. The molecule has 2 unspecified atom stereocenters. The van der Waals surface area contributed by atoms with Gasteiger partial charge in [-0.25, -0.2) is 0 Å². The summed E-state index contributed by atoms with van der Waals surface area (Å²) in [5.74, 6) is -0.0772. The largest absolute Gasteiger partial charge is 0.466 e. The summed E-state index contributed by atoms with van der Waals surface area (Å²) < 4.78 is 5.48. The lowest BCUT2D eigenvalue weighted by atomic mass is 10.0. The van der Waals surface area contributed by atoms with E-state index >= 15 is 0 Å². The van der Waals surface area contributed by atoms with Crippen LogP contribution in [0.3, 0.4) is 0 Å². The molecule has 0 rings (SSSR count). The molecule has 0 aromatic rings. The molecule has 0 aliphatic carbocycles. The third kappa shape index (κ3) is 55.1. The fraction of sp³-hybridized carbons (Fsp3) is 0.844. The van der Waals surface area contributed by atoms with Crippen LogP contribution in [0.1, 0.15) is 322 Å². The van der Waals surface area contributed by atoms with Crippen LogP contribution in [0, 0.1) is 0 Å². The number of rotatable bonds is 57. The minimum absolute atomic E-state index is 0.00285. The van der Waals surface area contributed by atoms with E-state index in [4.69, 9.17) is 4.74 Å². The Kier molecular flexibility index (Phi) is 57.5. The Hall–Kier alpha value is -2.18. The van der Waals surface area contributed by atoms with Crippen molar-refractivity contribution < 1.29 is 24.5 Å². The average Bonchev–Trinajstić information content (AvgIpc) is 3.36. The van der Waals surface area contributed by atoms with E-state index in [9.17, 15) is 19.8 Å². The fourth-order valence-electron chi connectivity index (χ4n) is 9.31. The first-order chi connectivity index (χ1) is 34.5. The first kappa shape index (κ1) is 67.8. The number of aliphatic hydroxyl groups excluding tert-OH is 2. The molecule has 0 aromatic heterocycles. The molecule has 0 fully saturated rings. The van der Waals surface area contributed by atoms with E-state index in [2.05, 4.69) is 55.6 Å². The molecule has 0 heterocycles. The van der Waals surface area contributed by atoms with Crippen molar-refractivity contribution in [1.29, 1.82) is 0 Å². The van der Waals surface area contributed by atoms with Gasteiger partial charge in [-0.1, -0.05) is 268 Å².